The highest BCUT2D eigenvalue weighted by Gasteiger charge is 2.21. The van der Waals surface area contributed by atoms with Crippen LogP contribution in [0.2, 0.25) is 0 Å². The highest BCUT2D eigenvalue weighted by Crippen LogP contribution is 2.18. The second kappa shape index (κ2) is 6.80. The summed E-state index contributed by atoms with van der Waals surface area (Å²) in [5.74, 6) is 0.829. The van der Waals surface area contributed by atoms with Crippen molar-refractivity contribution in [1.82, 2.24) is 30.2 Å². The lowest BCUT2D eigenvalue weighted by Crippen LogP contribution is -2.44. The van der Waals surface area contributed by atoms with Gasteiger partial charge in [-0.3, -0.25) is 4.90 Å². The predicted octanol–water partition coefficient (Wildman–Crippen LogP) is 1.59. The van der Waals surface area contributed by atoms with E-state index in [0.29, 0.717) is 11.7 Å². The van der Waals surface area contributed by atoms with E-state index in [2.05, 4.69) is 37.8 Å². The molecule has 3 rings (SSSR count). The monoisotopic (exact) mass is 289 g/mol. The van der Waals surface area contributed by atoms with Crippen LogP contribution in [0, 0.1) is 0 Å². The molecule has 2 aromatic rings. The number of nitrogens with one attached hydrogen (secondary N) is 1. The predicted molar refractivity (Wildman–Crippen MR) is 81.2 cm³/mol. The van der Waals surface area contributed by atoms with Gasteiger partial charge in [0.15, 0.2) is 5.65 Å². The molecule has 114 valence electrons. The number of piperidine rings is 1. The van der Waals surface area contributed by atoms with Gasteiger partial charge < -0.3 is 5.32 Å². The zero-order valence-electron chi connectivity index (χ0n) is 12.6. The SMILES string of the molecule is CCCCN1CCCC[C@@H]1CNc1ccc2nnnn2n1. The Morgan fingerprint density at radius 3 is 3.19 bits per heavy atom. The number of likely N-dealkylation sites (tertiary alicyclic amines) is 1. The fourth-order valence-corrected chi connectivity index (χ4v) is 2.91. The number of unbranched alkanes of at least 4 members (excludes halogenated alkanes) is 1. The minimum absolute atomic E-state index is 0.608. The molecular formula is C14H23N7. The van der Waals surface area contributed by atoms with E-state index in [1.54, 1.807) is 0 Å². The third-order valence-electron chi connectivity index (χ3n) is 4.14. The van der Waals surface area contributed by atoms with Crippen LogP contribution < -0.4 is 5.32 Å². The molecule has 7 heteroatoms. The van der Waals surface area contributed by atoms with Crippen LogP contribution in [0.4, 0.5) is 5.82 Å². The maximum Gasteiger partial charge on any atom is 0.200 e. The van der Waals surface area contributed by atoms with Crippen molar-refractivity contribution in [3.8, 4) is 0 Å². The molecule has 1 aliphatic rings. The van der Waals surface area contributed by atoms with E-state index in [9.17, 15) is 0 Å². The van der Waals surface area contributed by atoms with Gasteiger partial charge in [-0.25, -0.2) is 0 Å². The number of hydrogen-bond donors (Lipinski definition) is 1. The van der Waals surface area contributed by atoms with Crippen molar-refractivity contribution in [3.05, 3.63) is 12.1 Å². The molecule has 1 N–H and O–H groups in total. The van der Waals surface area contributed by atoms with Gasteiger partial charge >= 0.3 is 0 Å². The number of hydrogen-bond acceptors (Lipinski definition) is 6. The third kappa shape index (κ3) is 3.47. The topological polar surface area (TPSA) is 71.2 Å². The Bertz CT molecular complexity index is 567. The summed E-state index contributed by atoms with van der Waals surface area (Å²) in [5, 5.41) is 19.1. The zero-order valence-corrected chi connectivity index (χ0v) is 12.6. The molecule has 0 aliphatic carbocycles. The normalized spacial score (nSPS) is 20.0. The Morgan fingerprint density at radius 2 is 2.29 bits per heavy atom. The van der Waals surface area contributed by atoms with E-state index in [1.807, 2.05) is 12.1 Å². The highest BCUT2D eigenvalue weighted by molar-refractivity contribution is 5.42. The van der Waals surface area contributed by atoms with Crippen LogP contribution in [-0.2, 0) is 0 Å². The molecule has 0 aromatic carbocycles. The largest absolute Gasteiger partial charge is 0.367 e. The first-order valence-corrected chi connectivity index (χ1v) is 7.90. The smallest absolute Gasteiger partial charge is 0.200 e. The number of nitrogens with zero attached hydrogens (tertiary/aromatic N) is 6. The maximum absolute atomic E-state index is 4.36. The van der Waals surface area contributed by atoms with Crippen LogP contribution >= 0.6 is 0 Å². The van der Waals surface area contributed by atoms with Crippen LogP contribution in [0.15, 0.2) is 12.1 Å². The van der Waals surface area contributed by atoms with Gasteiger partial charge in [0, 0.05) is 12.6 Å². The lowest BCUT2D eigenvalue weighted by Gasteiger charge is -2.35. The van der Waals surface area contributed by atoms with Gasteiger partial charge in [-0.15, -0.1) is 14.8 Å². The maximum atomic E-state index is 4.36. The zero-order chi connectivity index (χ0) is 14.5. The Morgan fingerprint density at radius 1 is 1.33 bits per heavy atom. The number of anilines is 1. The average Bonchev–Trinajstić information content (AvgIpc) is 2.99. The summed E-state index contributed by atoms with van der Waals surface area (Å²) in [5.41, 5.74) is 0.669. The molecule has 1 aliphatic heterocycles. The highest BCUT2D eigenvalue weighted by atomic mass is 15.6. The van der Waals surface area contributed by atoms with E-state index in [-0.39, 0.29) is 0 Å². The molecule has 1 fully saturated rings. The van der Waals surface area contributed by atoms with Crippen molar-refractivity contribution in [2.45, 2.75) is 45.1 Å². The van der Waals surface area contributed by atoms with Gasteiger partial charge in [0.1, 0.15) is 5.82 Å². The van der Waals surface area contributed by atoms with Gasteiger partial charge in [-0.05, 0) is 54.9 Å². The van der Waals surface area contributed by atoms with Crippen molar-refractivity contribution >= 4 is 11.5 Å². The van der Waals surface area contributed by atoms with Crippen LogP contribution in [0.5, 0.6) is 0 Å². The number of rotatable bonds is 6. The van der Waals surface area contributed by atoms with Gasteiger partial charge in [0.05, 0.1) is 0 Å². The molecule has 0 amide bonds. The first kappa shape index (κ1) is 14.2. The second-order valence-corrected chi connectivity index (χ2v) is 5.67. The van der Waals surface area contributed by atoms with Gasteiger partial charge in [0.25, 0.3) is 0 Å². The first-order valence-electron chi connectivity index (χ1n) is 7.90. The Kier molecular flexibility index (Phi) is 4.59. The third-order valence-corrected chi connectivity index (χ3v) is 4.14. The lowest BCUT2D eigenvalue weighted by atomic mass is 10.0. The molecule has 0 radical (unpaired) electrons. The molecule has 0 spiro atoms. The minimum Gasteiger partial charge on any atom is -0.367 e. The van der Waals surface area contributed by atoms with Crippen molar-refractivity contribution in [1.29, 1.82) is 0 Å². The molecule has 7 nitrogen and oxygen atoms in total. The van der Waals surface area contributed by atoms with Crippen molar-refractivity contribution in [2.24, 2.45) is 0 Å². The molecular weight excluding hydrogens is 266 g/mol. The molecule has 1 saturated heterocycles. The quantitative estimate of drug-likeness (QED) is 0.870. The van der Waals surface area contributed by atoms with Gasteiger partial charge in [-0.1, -0.05) is 19.8 Å². The Balaban J connectivity index is 1.59. The fraction of sp³-hybridized carbons (Fsp3) is 0.714. The summed E-state index contributed by atoms with van der Waals surface area (Å²) in [4.78, 5) is 2.62. The van der Waals surface area contributed by atoms with Gasteiger partial charge in [-0.2, -0.15) is 0 Å². The molecule has 0 saturated carbocycles. The van der Waals surface area contributed by atoms with E-state index >= 15 is 0 Å². The van der Waals surface area contributed by atoms with Gasteiger partial charge in [0.2, 0.25) is 0 Å². The standard InChI is InChI=1S/C14H23N7/c1-2-3-9-20-10-5-4-6-12(20)11-15-13-7-8-14-16-18-19-21(14)17-13/h7-8,12H,2-6,9-11H2,1H3,(H,15,17)/t12-/m1/s1. The molecule has 1 atom stereocenters. The van der Waals surface area contributed by atoms with Crippen LogP contribution in [0.1, 0.15) is 39.0 Å². The number of aromatic nitrogens is 5. The summed E-state index contributed by atoms with van der Waals surface area (Å²) in [6.45, 7) is 5.63. The molecule has 0 unspecified atom stereocenters. The molecule has 0 bridgehead atoms. The average molecular weight is 289 g/mol. The lowest BCUT2D eigenvalue weighted by molar-refractivity contribution is 0.154. The van der Waals surface area contributed by atoms with E-state index in [1.165, 1.54) is 49.8 Å². The number of fused-ring (bicyclic) bond motifs is 1. The Labute approximate surface area is 124 Å². The van der Waals surface area contributed by atoms with Crippen LogP contribution in [0.3, 0.4) is 0 Å². The second-order valence-electron chi connectivity index (χ2n) is 5.67. The summed E-state index contributed by atoms with van der Waals surface area (Å²) >= 11 is 0. The minimum atomic E-state index is 0.608. The summed E-state index contributed by atoms with van der Waals surface area (Å²) in [7, 11) is 0. The summed E-state index contributed by atoms with van der Waals surface area (Å²) in [6, 6.07) is 4.42. The molecule has 3 heterocycles. The summed E-state index contributed by atoms with van der Waals surface area (Å²) < 4.78 is 1.46. The number of tetrazole rings is 1. The van der Waals surface area contributed by atoms with Crippen molar-refractivity contribution < 1.29 is 0 Å². The van der Waals surface area contributed by atoms with E-state index < -0.39 is 0 Å². The fourth-order valence-electron chi connectivity index (χ4n) is 2.91. The van der Waals surface area contributed by atoms with E-state index in [4.69, 9.17) is 0 Å². The van der Waals surface area contributed by atoms with Crippen LogP contribution in [0.25, 0.3) is 5.65 Å². The van der Waals surface area contributed by atoms with Crippen molar-refractivity contribution in [3.63, 3.8) is 0 Å². The Hall–Kier alpha value is -1.76. The van der Waals surface area contributed by atoms with E-state index in [0.717, 1.165) is 12.4 Å². The molecule has 21 heavy (non-hydrogen) atoms. The van der Waals surface area contributed by atoms with Crippen molar-refractivity contribution in [2.75, 3.05) is 25.0 Å². The molecule has 2 aromatic heterocycles. The van der Waals surface area contributed by atoms with Crippen LogP contribution in [-0.4, -0.2) is 55.8 Å². The first-order chi connectivity index (χ1) is 10.4. The summed E-state index contributed by atoms with van der Waals surface area (Å²) in [6.07, 6.45) is 6.47.